The standard InChI is InChI=1S/C14H19N5O5/c1-14(2)23-8-6(4-21-3)22-12(9(8)24-14)19-5-16-7-10(15)17-13(20)18-11(7)19/h5-6,8-9,12H,4H2,1-3H3,(H3,15,17,18,20). The lowest BCUT2D eigenvalue weighted by atomic mass is 10.1. The number of ether oxygens (including phenoxy) is 4. The first-order valence-corrected chi connectivity index (χ1v) is 7.62. The molecule has 0 radical (unpaired) electrons. The number of H-pyrrole nitrogens is 1. The molecule has 10 nitrogen and oxygen atoms in total. The summed E-state index contributed by atoms with van der Waals surface area (Å²) in [5.74, 6) is -0.570. The van der Waals surface area contributed by atoms with Crippen LogP contribution < -0.4 is 11.4 Å². The van der Waals surface area contributed by atoms with Crippen LogP contribution in [0.25, 0.3) is 11.2 Å². The fourth-order valence-corrected chi connectivity index (χ4v) is 3.32. The predicted octanol–water partition coefficient (Wildman–Crippen LogP) is -0.234. The van der Waals surface area contributed by atoms with Gasteiger partial charge in [0.1, 0.15) is 29.6 Å². The average Bonchev–Trinajstić information content (AvgIpc) is 3.12. The minimum absolute atomic E-state index is 0.163. The van der Waals surface area contributed by atoms with Crippen LogP contribution in [0.2, 0.25) is 0 Å². The molecule has 0 saturated carbocycles. The van der Waals surface area contributed by atoms with E-state index in [-0.39, 0.29) is 24.1 Å². The molecular weight excluding hydrogens is 318 g/mol. The highest BCUT2D eigenvalue weighted by molar-refractivity contribution is 5.81. The highest BCUT2D eigenvalue weighted by Gasteiger charge is 2.56. The Morgan fingerprint density at radius 2 is 2.17 bits per heavy atom. The predicted molar refractivity (Wildman–Crippen MR) is 82.2 cm³/mol. The summed E-state index contributed by atoms with van der Waals surface area (Å²) in [6.07, 6.45) is 0.0215. The second-order valence-corrected chi connectivity index (χ2v) is 6.36. The van der Waals surface area contributed by atoms with Gasteiger partial charge in [-0.3, -0.25) is 9.55 Å². The van der Waals surface area contributed by atoms with Gasteiger partial charge in [-0.15, -0.1) is 0 Å². The minimum Gasteiger partial charge on any atom is -0.383 e. The number of nitrogens with one attached hydrogen (secondary N) is 1. The molecule has 2 aromatic rings. The van der Waals surface area contributed by atoms with E-state index in [0.29, 0.717) is 17.8 Å². The highest BCUT2D eigenvalue weighted by atomic mass is 16.8. The molecule has 0 amide bonds. The zero-order valence-corrected chi connectivity index (χ0v) is 13.6. The van der Waals surface area contributed by atoms with Gasteiger partial charge in [0.05, 0.1) is 12.9 Å². The largest absolute Gasteiger partial charge is 0.383 e. The Labute approximate surface area is 136 Å². The van der Waals surface area contributed by atoms with Gasteiger partial charge in [-0.2, -0.15) is 4.98 Å². The van der Waals surface area contributed by atoms with Crippen LogP contribution in [0.5, 0.6) is 0 Å². The molecule has 3 N–H and O–H groups in total. The van der Waals surface area contributed by atoms with Crippen molar-refractivity contribution in [1.82, 2.24) is 19.5 Å². The van der Waals surface area contributed by atoms with Gasteiger partial charge in [0.15, 0.2) is 17.7 Å². The lowest BCUT2D eigenvalue weighted by molar-refractivity contribution is -0.200. The lowest BCUT2D eigenvalue weighted by Gasteiger charge is -2.24. The smallest absolute Gasteiger partial charge is 0.348 e. The van der Waals surface area contributed by atoms with E-state index in [2.05, 4.69) is 15.0 Å². The van der Waals surface area contributed by atoms with E-state index >= 15 is 0 Å². The Balaban J connectivity index is 1.77. The number of anilines is 1. The van der Waals surface area contributed by atoms with E-state index in [1.807, 2.05) is 13.8 Å². The van der Waals surface area contributed by atoms with E-state index in [1.54, 1.807) is 11.7 Å². The normalized spacial score (nSPS) is 31.6. The summed E-state index contributed by atoms with van der Waals surface area (Å²) in [5, 5.41) is 0. The first kappa shape index (κ1) is 15.5. The van der Waals surface area contributed by atoms with Gasteiger partial charge in [0.25, 0.3) is 0 Å². The summed E-state index contributed by atoms with van der Waals surface area (Å²) in [4.78, 5) is 22.3. The molecule has 2 aromatic heterocycles. The summed E-state index contributed by atoms with van der Waals surface area (Å²) in [7, 11) is 1.60. The SMILES string of the molecule is COCC1OC(n2cnc3c(N)[nH]c(=O)nc32)C2OC(C)(C)OC12. The quantitative estimate of drug-likeness (QED) is 0.786. The van der Waals surface area contributed by atoms with Crippen LogP contribution in [0, 0.1) is 0 Å². The second-order valence-electron chi connectivity index (χ2n) is 6.36. The Morgan fingerprint density at radius 1 is 1.42 bits per heavy atom. The van der Waals surface area contributed by atoms with E-state index < -0.39 is 17.7 Å². The molecule has 4 unspecified atom stereocenters. The first-order valence-electron chi connectivity index (χ1n) is 7.62. The van der Waals surface area contributed by atoms with Gasteiger partial charge < -0.3 is 24.7 Å². The summed E-state index contributed by atoms with van der Waals surface area (Å²) >= 11 is 0. The number of nitrogen functional groups attached to an aromatic ring is 1. The summed E-state index contributed by atoms with van der Waals surface area (Å²) < 4.78 is 24.9. The maximum absolute atomic E-state index is 11.7. The third-order valence-electron chi connectivity index (χ3n) is 4.20. The van der Waals surface area contributed by atoms with Crippen molar-refractivity contribution >= 4 is 17.0 Å². The molecule has 0 aromatic carbocycles. The van der Waals surface area contributed by atoms with Crippen molar-refractivity contribution in [3.05, 3.63) is 16.8 Å². The number of nitrogens with two attached hydrogens (primary N) is 1. The van der Waals surface area contributed by atoms with Gasteiger partial charge in [-0.05, 0) is 13.8 Å². The van der Waals surface area contributed by atoms with Crippen LogP contribution in [-0.4, -0.2) is 57.3 Å². The molecular formula is C14H19N5O5. The Hall–Kier alpha value is -2.01. The van der Waals surface area contributed by atoms with Gasteiger partial charge in [-0.25, -0.2) is 9.78 Å². The zero-order chi connectivity index (χ0) is 17.1. The molecule has 2 fully saturated rings. The van der Waals surface area contributed by atoms with Crippen LogP contribution >= 0.6 is 0 Å². The molecule has 24 heavy (non-hydrogen) atoms. The molecule has 0 bridgehead atoms. The molecule has 4 rings (SSSR count). The van der Waals surface area contributed by atoms with Crippen LogP contribution in [0.4, 0.5) is 5.82 Å². The number of aromatic nitrogens is 4. The van der Waals surface area contributed by atoms with Gasteiger partial charge >= 0.3 is 5.69 Å². The second kappa shape index (κ2) is 5.24. The molecule has 2 aliphatic heterocycles. The molecule has 0 spiro atoms. The molecule has 2 saturated heterocycles. The maximum Gasteiger partial charge on any atom is 0.348 e. The van der Waals surface area contributed by atoms with Gasteiger partial charge in [0.2, 0.25) is 0 Å². The van der Waals surface area contributed by atoms with Crippen molar-refractivity contribution in [1.29, 1.82) is 0 Å². The van der Waals surface area contributed by atoms with E-state index in [0.717, 1.165) is 0 Å². The number of nitrogens with zero attached hydrogens (tertiary/aromatic N) is 3. The van der Waals surface area contributed by atoms with Crippen molar-refractivity contribution in [3.8, 4) is 0 Å². The fourth-order valence-electron chi connectivity index (χ4n) is 3.32. The minimum atomic E-state index is -0.732. The molecule has 4 heterocycles. The number of methoxy groups -OCH3 is 1. The van der Waals surface area contributed by atoms with Crippen molar-refractivity contribution in [2.75, 3.05) is 19.5 Å². The molecule has 0 aliphatic carbocycles. The summed E-state index contributed by atoms with van der Waals surface area (Å²) in [6.45, 7) is 4.05. The van der Waals surface area contributed by atoms with E-state index in [1.165, 1.54) is 6.33 Å². The van der Waals surface area contributed by atoms with Crippen molar-refractivity contribution < 1.29 is 18.9 Å². The third-order valence-corrected chi connectivity index (χ3v) is 4.20. The number of hydrogen-bond acceptors (Lipinski definition) is 8. The Bertz CT molecular complexity index is 831. The van der Waals surface area contributed by atoms with Crippen molar-refractivity contribution in [2.24, 2.45) is 0 Å². The third kappa shape index (κ3) is 2.30. The van der Waals surface area contributed by atoms with Crippen molar-refractivity contribution in [2.45, 2.75) is 44.2 Å². The molecule has 4 atom stereocenters. The monoisotopic (exact) mass is 337 g/mol. The zero-order valence-electron chi connectivity index (χ0n) is 13.6. The summed E-state index contributed by atoms with van der Waals surface area (Å²) in [6, 6.07) is 0. The number of hydrogen-bond donors (Lipinski definition) is 2. The van der Waals surface area contributed by atoms with Crippen molar-refractivity contribution in [3.63, 3.8) is 0 Å². The Kier molecular flexibility index (Phi) is 3.39. The van der Waals surface area contributed by atoms with E-state index in [4.69, 9.17) is 24.7 Å². The molecule has 2 aliphatic rings. The lowest BCUT2D eigenvalue weighted by Crippen LogP contribution is -2.32. The highest BCUT2D eigenvalue weighted by Crippen LogP contribution is 2.43. The molecule has 10 heteroatoms. The number of fused-ring (bicyclic) bond motifs is 2. The van der Waals surface area contributed by atoms with Gasteiger partial charge in [0, 0.05) is 7.11 Å². The topological polar surface area (TPSA) is 127 Å². The fraction of sp³-hybridized carbons (Fsp3) is 0.643. The van der Waals surface area contributed by atoms with Crippen LogP contribution in [0.1, 0.15) is 20.1 Å². The van der Waals surface area contributed by atoms with E-state index in [9.17, 15) is 4.79 Å². The van der Waals surface area contributed by atoms with Crippen LogP contribution in [-0.2, 0) is 18.9 Å². The number of imidazole rings is 1. The Morgan fingerprint density at radius 3 is 2.92 bits per heavy atom. The van der Waals surface area contributed by atoms with Crippen LogP contribution in [0.3, 0.4) is 0 Å². The first-order chi connectivity index (χ1) is 11.4. The number of rotatable bonds is 3. The number of aromatic amines is 1. The van der Waals surface area contributed by atoms with Crippen LogP contribution in [0.15, 0.2) is 11.1 Å². The average molecular weight is 337 g/mol. The summed E-state index contributed by atoms with van der Waals surface area (Å²) in [5.41, 5.74) is 6.00. The maximum atomic E-state index is 11.7. The molecule has 130 valence electrons. The van der Waals surface area contributed by atoms with Gasteiger partial charge in [-0.1, -0.05) is 0 Å².